The summed E-state index contributed by atoms with van der Waals surface area (Å²) in [6.07, 6.45) is -4.55. The number of anilines is 2. The molecule has 11 rings (SSSR count). The second-order valence-electron chi connectivity index (χ2n) is 26.7. The van der Waals surface area contributed by atoms with Crippen molar-refractivity contribution < 1.29 is 69.3 Å². The molecule has 17 nitrogen and oxygen atoms in total. The number of rotatable bonds is 26. The number of hydrogen-bond acceptors (Lipinski definition) is 12. The number of amides is 5. The van der Waals surface area contributed by atoms with E-state index in [1.807, 2.05) is 85.9 Å². The van der Waals surface area contributed by atoms with Crippen LogP contribution in [0, 0.1) is 5.82 Å². The van der Waals surface area contributed by atoms with Gasteiger partial charge in [-0.25, -0.2) is 14.2 Å². The number of alkyl halides is 6. The first-order chi connectivity index (χ1) is 47.9. The van der Waals surface area contributed by atoms with Crippen LogP contribution in [0.15, 0.2) is 140 Å². The van der Waals surface area contributed by atoms with E-state index in [1.165, 1.54) is 40.5 Å². The smallest absolute Gasteiger partial charge is 0.416 e. The quantitative estimate of drug-likeness (QED) is 0.0389. The molecule has 0 saturated carbocycles. The predicted octanol–water partition coefficient (Wildman–Crippen LogP) is 13.5. The van der Waals surface area contributed by atoms with E-state index in [2.05, 4.69) is 27.2 Å². The van der Waals surface area contributed by atoms with E-state index in [4.69, 9.17) is 14.5 Å². The molecule has 2 atom stereocenters. The van der Waals surface area contributed by atoms with Gasteiger partial charge in [-0.3, -0.25) is 24.1 Å². The molecule has 1 spiro atoms. The van der Waals surface area contributed by atoms with E-state index in [-0.39, 0.29) is 55.5 Å². The molecule has 2 N–H and O–H groups in total. The summed E-state index contributed by atoms with van der Waals surface area (Å²) >= 11 is 1.47. The van der Waals surface area contributed by atoms with Gasteiger partial charge in [-0.15, -0.1) is 0 Å². The van der Waals surface area contributed by atoms with Crippen LogP contribution in [-0.2, 0) is 48.9 Å². The van der Waals surface area contributed by atoms with Gasteiger partial charge in [0.25, 0.3) is 11.8 Å². The summed E-state index contributed by atoms with van der Waals surface area (Å²) in [4.78, 5) is 83.9. The van der Waals surface area contributed by atoms with Gasteiger partial charge in [-0.2, -0.15) is 26.3 Å². The largest absolute Gasteiger partial charge is 0.465 e. The zero-order chi connectivity index (χ0) is 70.9. The minimum Gasteiger partial charge on any atom is -0.465 e. The number of carboxylic acid groups (broad SMARTS) is 1. The summed E-state index contributed by atoms with van der Waals surface area (Å²) in [5, 5.41) is 14.5. The van der Waals surface area contributed by atoms with Gasteiger partial charge in [0.05, 0.1) is 39.7 Å². The Morgan fingerprint density at radius 2 is 1.36 bits per heavy atom. The number of para-hydroxylation sites is 1. The molecule has 3 aliphatic heterocycles. The molecule has 4 aliphatic rings. The highest BCUT2D eigenvalue weighted by Gasteiger charge is 2.50. The lowest BCUT2D eigenvalue weighted by Crippen LogP contribution is -2.50. The number of likely N-dealkylation sites (N-methyl/N-ethyl adjacent to an activating group) is 2. The van der Waals surface area contributed by atoms with Crippen molar-refractivity contribution in [3.05, 3.63) is 184 Å². The van der Waals surface area contributed by atoms with Crippen LogP contribution in [0.2, 0.25) is 0 Å². The standard InChI is InChI=1S/C75H84F7N9O8S/c1-85(67(93)48-98-65-46-52-17-9-11-19-61(52)72(65)30-38-89(39-31-72)40-32-73(55-23-25-58(76)26-24-55)49-90(50-99-73)69(95)54-43-56(74(77,78)79)47-57(44-54)75(80,81)82)34-14-35-87(3)68(94)53-22-27-62-64(45-53)100-70(84-62)83-33-13-5-8-21-66(92)86(2)41-42-88-36-28-59(29-37-88)91(71(96)97)63-20-12-10-18-60(63)51-15-6-4-7-16-51/h4,6-7,9-12,15-20,22-27,43-45,47,59,65H,5,8,13-14,21,28-42,46,48-50H2,1-3H3,(H,83,84)(H,96,97)/t65-,73+/m0/s1. The molecule has 3 fully saturated rings. The SMILES string of the molecule is CN(CCN1CCC(N(C(=O)O)c2ccccc2-c2ccccc2)CC1)C(=O)CCCCCNc1nc2ccc(C(=O)N(C)CCCN(C)C(=O)CO[C@H]3Cc4ccccc4C34CCN(CC[C@]3(c5ccc(F)cc5)CN(C(=O)c5cc(C(F)(F)F)cc(C(F)(F)F)c5)CO3)CC4)cc2s1. The van der Waals surface area contributed by atoms with Gasteiger partial charge >= 0.3 is 18.4 Å². The first-order valence-electron chi connectivity index (χ1n) is 34.1. The number of carbonyl (C=O) groups is 5. The molecule has 100 heavy (non-hydrogen) atoms. The van der Waals surface area contributed by atoms with Crippen LogP contribution in [0.5, 0.6) is 0 Å². The van der Waals surface area contributed by atoms with Crippen molar-refractivity contribution in [1.82, 2.24) is 34.4 Å². The van der Waals surface area contributed by atoms with Crippen molar-refractivity contribution in [2.75, 3.05) is 117 Å². The van der Waals surface area contributed by atoms with E-state index < -0.39 is 64.6 Å². The third-order valence-electron chi connectivity index (χ3n) is 20.3. The number of nitrogens with one attached hydrogen (secondary N) is 1. The Bertz CT molecular complexity index is 3980. The Kier molecular flexibility index (Phi) is 23.0. The summed E-state index contributed by atoms with van der Waals surface area (Å²) in [6.45, 7) is 5.08. The van der Waals surface area contributed by atoms with E-state index >= 15 is 0 Å². The van der Waals surface area contributed by atoms with Crippen molar-refractivity contribution in [3.63, 3.8) is 0 Å². The van der Waals surface area contributed by atoms with E-state index in [0.29, 0.717) is 120 Å². The number of thiazole rings is 1. The predicted molar refractivity (Wildman–Crippen MR) is 369 cm³/mol. The highest BCUT2D eigenvalue weighted by Crippen LogP contribution is 2.49. The average molecular weight is 1400 g/mol. The first kappa shape index (κ1) is 72.8. The number of hydrogen-bond donors (Lipinski definition) is 2. The lowest BCUT2D eigenvalue weighted by atomic mass is 9.72. The minimum absolute atomic E-state index is 0.0294. The van der Waals surface area contributed by atoms with Gasteiger partial charge in [0.2, 0.25) is 11.8 Å². The molecule has 1 aromatic heterocycles. The zero-order valence-corrected chi connectivity index (χ0v) is 57.2. The number of carbonyl (C=O) groups excluding carboxylic acids is 4. The van der Waals surface area contributed by atoms with Crippen LogP contribution in [-0.4, -0.2) is 188 Å². The fraction of sp³-hybridized carbons (Fsp3) is 0.440. The molecule has 4 heterocycles. The van der Waals surface area contributed by atoms with Gasteiger partial charge in [0, 0.05) is 108 Å². The Balaban J connectivity index is 0.587. The van der Waals surface area contributed by atoms with Crippen LogP contribution in [0.25, 0.3) is 21.3 Å². The van der Waals surface area contributed by atoms with E-state index in [0.717, 1.165) is 81.4 Å². The number of unbranched alkanes of at least 4 members (excludes halogenated alkanes) is 2. The number of fused-ring (bicyclic) bond motifs is 3. The lowest BCUT2D eigenvalue weighted by molar-refractivity contribution is -0.143. The maximum atomic E-state index is 14.3. The zero-order valence-electron chi connectivity index (χ0n) is 56.3. The van der Waals surface area contributed by atoms with Crippen molar-refractivity contribution in [2.24, 2.45) is 0 Å². The molecule has 0 bridgehead atoms. The maximum Gasteiger partial charge on any atom is 0.416 e. The molecule has 1 aliphatic carbocycles. The topological polar surface area (TPSA) is 172 Å². The average Bonchev–Trinajstić information content (AvgIpc) is 1.61. The third-order valence-corrected chi connectivity index (χ3v) is 21.3. The Morgan fingerprint density at radius 1 is 0.700 bits per heavy atom. The summed E-state index contributed by atoms with van der Waals surface area (Å²) in [5.41, 5.74) is 0.931. The van der Waals surface area contributed by atoms with Crippen molar-refractivity contribution in [1.29, 1.82) is 0 Å². The highest BCUT2D eigenvalue weighted by atomic mass is 32.1. The summed E-state index contributed by atoms with van der Waals surface area (Å²) in [7, 11) is 5.29. The van der Waals surface area contributed by atoms with Crippen LogP contribution in [0.1, 0.15) is 113 Å². The van der Waals surface area contributed by atoms with Gasteiger partial charge < -0.3 is 49.3 Å². The maximum absolute atomic E-state index is 14.3. The fourth-order valence-corrected chi connectivity index (χ4v) is 15.4. The van der Waals surface area contributed by atoms with Crippen LogP contribution < -0.4 is 10.2 Å². The number of benzene rings is 6. The second kappa shape index (κ2) is 31.6. The third kappa shape index (κ3) is 17.1. The van der Waals surface area contributed by atoms with Gasteiger partial charge in [0.15, 0.2) is 5.13 Å². The Morgan fingerprint density at radius 3 is 2.07 bits per heavy atom. The second-order valence-corrected chi connectivity index (χ2v) is 27.8. The monoisotopic (exact) mass is 1400 g/mol. The van der Waals surface area contributed by atoms with Crippen molar-refractivity contribution >= 4 is 62.1 Å². The molecule has 532 valence electrons. The highest BCUT2D eigenvalue weighted by molar-refractivity contribution is 7.22. The summed E-state index contributed by atoms with van der Waals surface area (Å²) in [5.74, 6) is -1.87. The molecular weight excluding hydrogens is 1320 g/mol. The number of piperidine rings is 2. The molecule has 5 amide bonds. The molecular formula is C75H84F7N9O8S. The normalized spacial score (nSPS) is 18.1. The van der Waals surface area contributed by atoms with Crippen LogP contribution >= 0.6 is 11.3 Å². The number of aromatic nitrogens is 1. The number of likely N-dealkylation sites (tertiary alicyclic amines) is 2. The van der Waals surface area contributed by atoms with Gasteiger partial charge in [-0.05, 0) is 148 Å². The Labute approximate surface area is 581 Å². The van der Waals surface area contributed by atoms with Crippen LogP contribution in [0.3, 0.4) is 0 Å². The van der Waals surface area contributed by atoms with Gasteiger partial charge in [-0.1, -0.05) is 103 Å². The van der Waals surface area contributed by atoms with E-state index in [1.54, 1.807) is 34.9 Å². The minimum atomic E-state index is -5.15. The molecule has 7 aromatic rings. The molecule has 6 aromatic carbocycles. The summed E-state index contributed by atoms with van der Waals surface area (Å²) in [6, 6.07) is 37.2. The summed E-state index contributed by atoms with van der Waals surface area (Å²) < 4.78 is 111. The molecule has 25 heteroatoms. The number of ether oxygens (including phenoxy) is 2. The Hall–Kier alpha value is -8.49. The molecule has 0 unspecified atom stereocenters. The van der Waals surface area contributed by atoms with Crippen LogP contribution in [0.4, 0.5) is 46.3 Å². The van der Waals surface area contributed by atoms with Crippen molar-refractivity contribution in [2.45, 2.75) is 106 Å². The molecule has 3 saturated heterocycles. The number of nitrogens with zero attached hydrogens (tertiary/aromatic N) is 8. The van der Waals surface area contributed by atoms with Crippen molar-refractivity contribution in [3.8, 4) is 11.1 Å². The number of halogens is 7. The lowest BCUT2D eigenvalue weighted by Gasteiger charge is -2.44. The first-order valence-corrected chi connectivity index (χ1v) is 34.9. The van der Waals surface area contributed by atoms with E-state index in [9.17, 15) is 59.8 Å². The van der Waals surface area contributed by atoms with Gasteiger partial charge in [0.1, 0.15) is 24.8 Å². The molecule has 0 radical (unpaired) electrons. The fourth-order valence-electron chi connectivity index (χ4n) is 14.5.